The van der Waals surface area contributed by atoms with Gasteiger partial charge in [0, 0.05) is 4.47 Å². The molecule has 0 amide bonds. The normalized spacial score (nSPS) is 14.5. The Morgan fingerprint density at radius 1 is 1.64 bits per heavy atom. The maximum absolute atomic E-state index is 11.3. The summed E-state index contributed by atoms with van der Waals surface area (Å²) in [5, 5.41) is 0. The lowest BCUT2D eigenvalue weighted by Gasteiger charge is -1.99. The summed E-state index contributed by atoms with van der Waals surface area (Å²) in [4.78, 5) is 11.3. The van der Waals surface area contributed by atoms with E-state index in [-0.39, 0.29) is 5.56 Å². The van der Waals surface area contributed by atoms with Gasteiger partial charge in [0.2, 0.25) is 0 Å². The smallest absolute Gasteiger partial charge is 0.338 e. The molecule has 58 valence electrons. The fourth-order valence-corrected chi connectivity index (χ4v) is 1.13. The van der Waals surface area contributed by atoms with Crippen LogP contribution < -0.4 is 0 Å². The van der Waals surface area contributed by atoms with Crippen molar-refractivity contribution in [3.05, 3.63) is 34.3 Å². The number of halogens is 1. The molecule has 1 aromatic carbocycles. The second-order valence-corrected chi connectivity index (χ2v) is 2.72. The molecule has 2 nitrogen and oxygen atoms in total. The first-order valence-corrected chi connectivity index (χ1v) is 3.67. The van der Waals surface area contributed by atoms with E-state index in [9.17, 15) is 4.79 Å². The Bertz CT molecular complexity index is 349. The Hall–Kier alpha value is -0.830. The monoisotopic (exact) mass is 217 g/mol. The highest BCUT2D eigenvalue weighted by Crippen LogP contribution is 2.16. The van der Waals surface area contributed by atoms with Crippen molar-refractivity contribution in [1.82, 2.24) is 0 Å². The number of esters is 1. The van der Waals surface area contributed by atoms with Crippen molar-refractivity contribution in [3.8, 4) is 0 Å². The maximum atomic E-state index is 11.3. The van der Waals surface area contributed by atoms with Crippen LogP contribution >= 0.6 is 15.9 Å². The predicted molar refractivity (Wildman–Crippen MR) is 45.5 cm³/mol. The summed E-state index contributed by atoms with van der Waals surface area (Å²) in [6.45, 7) is 0. The standard InChI is InChI=1S/C8H7BrO2/c1-11-8(10)6-4-2-3-5-7(6)9/h2-5H,1H3/i1D3. The lowest BCUT2D eigenvalue weighted by atomic mass is 10.2. The molecule has 0 bridgehead atoms. The van der Waals surface area contributed by atoms with Crippen LogP contribution in [0.3, 0.4) is 0 Å². The Kier molecular flexibility index (Phi) is 1.58. The second-order valence-electron chi connectivity index (χ2n) is 1.87. The summed E-state index contributed by atoms with van der Waals surface area (Å²) in [7, 11) is -2.70. The van der Waals surface area contributed by atoms with Gasteiger partial charge >= 0.3 is 5.97 Å². The molecule has 3 heteroatoms. The van der Waals surface area contributed by atoms with Gasteiger partial charge in [-0.3, -0.25) is 0 Å². The average molecular weight is 218 g/mol. The van der Waals surface area contributed by atoms with Gasteiger partial charge in [-0.05, 0) is 28.1 Å². The molecule has 0 atom stereocenters. The van der Waals surface area contributed by atoms with Crippen LogP contribution in [0.4, 0.5) is 0 Å². The summed E-state index contributed by atoms with van der Waals surface area (Å²) in [5.74, 6) is -0.863. The molecular weight excluding hydrogens is 208 g/mol. The van der Waals surface area contributed by atoms with Gasteiger partial charge in [-0.15, -0.1) is 0 Å². The minimum atomic E-state index is -2.70. The molecular formula is C8H7BrO2. The summed E-state index contributed by atoms with van der Waals surface area (Å²) >= 11 is 3.12. The minimum absolute atomic E-state index is 0.198. The molecule has 0 fully saturated rings. The Morgan fingerprint density at radius 3 is 3.00 bits per heavy atom. The van der Waals surface area contributed by atoms with E-state index >= 15 is 0 Å². The van der Waals surface area contributed by atoms with Crippen molar-refractivity contribution < 1.29 is 13.6 Å². The molecule has 0 aromatic heterocycles. The van der Waals surface area contributed by atoms with Crippen molar-refractivity contribution in [2.24, 2.45) is 0 Å². The Balaban J connectivity index is 2.86. The molecule has 0 aliphatic rings. The Morgan fingerprint density at radius 2 is 2.36 bits per heavy atom. The molecule has 0 aliphatic carbocycles. The number of hydrogen-bond donors (Lipinski definition) is 0. The molecule has 0 saturated carbocycles. The summed E-state index contributed by atoms with van der Waals surface area (Å²) in [6.07, 6.45) is 0. The third-order valence-electron chi connectivity index (χ3n) is 1.19. The predicted octanol–water partition coefficient (Wildman–Crippen LogP) is 2.24. The van der Waals surface area contributed by atoms with E-state index in [0.29, 0.717) is 4.47 Å². The van der Waals surface area contributed by atoms with Gasteiger partial charge in [0.05, 0.1) is 16.7 Å². The van der Waals surface area contributed by atoms with E-state index < -0.39 is 13.0 Å². The topological polar surface area (TPSA) is 26.3 Å². The van der Waals surface area contributed by atoms with Crippen molar-refractivity contribution in [1.29, 1.82) is 0 Å². The third-order valence-corrected chi connectivity index (χ3v) is 1.88. The zero-order chi connectivity index (χ0) is 10.8. The van der Waals surface area contributed by atoms with Gasteiger partial charge in [-0.25, -0.2) is 4.79 Å². The quantitative estimate of drug-likeness (QED) is 0.675. The van der Waals surface area contributed by atoms with Crippen LogP contribution in [0, 0.1) is 0 Å². The Labute approximate surface area is 77.5 Å². The molecule has 1 aromatic rings. The highest BCUT2D eigenvalue weighted by molar-refractivity contribution is 9.10. The zero-order valence-electron chi connectivity index (χ0n) is 8.50. The zero-order valence-corrected chi connectivity index (χ0v) is 7.09. The van der Waals surface area contributed by atoms with E-state index in [4.69, 9.17) is 4.11 Å². The number of ether oxygens (including phenoxy) is 1. The number of carbonyl (C=O) groups excluding carboxylic acids is 1. The van der Waals surface area contributed by atoms with Crippen LogP contribution in [0.1, 0.15) is 14.5 Å². The summed E-state index contributed by atoms with van der Waals surface area (Å²) in [6, 6.07) is 6.46. The molecule has 0 heterocycles. The van der Waals surface area contributed by atoms with Crippen molar-refractivity contribution in [2.75, 3.05) is 7.04 Å². The van der Waals surface area contributed by atoms with E-state index in [1.54, 1.807) is 18.2 Å². The first kappa shape index (κ1) is 4.93. The largest absolute Gasteiger partial charge is 0.465 e. The fourth-order valence-electron chi connectivity index (χ4n) is 0.682. The van der Waals surface area contributed by atoms with Crippen LogP contribution in [0.15, 0.2) is 28.7 Å². The van der Waals surface area contributed by atoms with Crippen molar-refractivity contribution >= 4 is 21.9 Å². The molecule has 0 saturated heterocycles. The number of carbonyl (C=O) groups is 1. The van der Waals surface area contributed by atoms with Gasteiger partial charge in [0.15, 0.2) is 0 Å². The van der Waals surface area contributed by atoms with E-state index in [1.165, 1.54) is 6.07 Å². The minimum Gasteiger partial charge on any atom is -0.465 e. The van der Waals surface area contributed by atoms with Crippen molar-refractivity contribution in [3.63, 3.8) is 0 Å². The average Bonchev–Trinajstić information content (AvgIpc) is 2.01. The fraction of sp³-hybridized carbons (Fsp3) is 0.125. The summed E-state index contributed by atoms with van der Waals surface area (Å²) < 4.78 is 25.0. The molecule has 11 heavy (non-hydrogen) atoms. The van der Waals surface area contributed by atoms with Gasteiger partial charge < -0.3 is 4.74 Å². The summed E-state index contributed by atoms with van der Waals surface area (Å²) in [5.41, 5.74) is 0.198. The van der Waals surface area contributed by atoms with Crippen LogP contribution in [-0.4, -0.2) is 13.0 Å². The molecule has 1 rings (SSSR count). The number of rotatable bonds is 1. The maximum Gasteiger partial charge on any atom is 0.338 e. The second kappa shape index (κ2) is 3.53. The number of methoxy groups -OCH3 is 1. The molecule has 0 spiro atoms. The number of benzene rings is 1. The van der Waals surface area contributed by atoms with Gasteiger partial charge in [-0.1, -0.05) is 12.1 Å². The van der Waals surface area contributed by atoms with E-state index in [0.717, 1.165) is 0 Å². The number of hydrogen-bond acceptors (Lipinski definition) is 2. The first-order chi connectivity index (χ1) is 6.40. The molecule has 0 N–H and O–H groups in total. The highest BCUT2D eigenvalue weighted by atomic mass is 79.9. The van der Waals surface area contributed by atoms with Gasteiger partial charge in [0.1, 0.15) is 0 Å². The SMILES string of the molecule is [2H]C([2H])([2H])OC(=O)c1ccccc1Br. The van der Waals surface area contributed by atoms with Crippen LogP contribution in [0.25, 0.3) is 0 Å². The van der Waals surface area contributed by atoms with Gasteiger partial charge in [-0.2, -0.15) is 0 Å². The van der Waals surface area contributed by atoms with Crippen molar-refractivity contribution in [2.45, 2.75) is 0 Å². The molecule has 0 unspecified atom stereocenters. The third kappa shape index (κ3) is 1.80. The van der Waals surface area contributed by atoms with Crippen LogP contribution in [0.5, 0.6) is 0 Å². The molecule has 0 aliphatic heterocycles. The van der Waals surface area contributed by atoms with Crippen LogP contribution in [-0.2, 0) is 4.74 Å². The highest BCUT2D eigenvalue weighted by Gasteiger charge is 2.07. The van der Waals surface area contributed by atoms with E-state index in [2.05, 4.69) is 20.7 Å². The lowest BCUT2D eigenvalue weighted by Crippen LogP contribution is -2.01. The van der Waals surface area contributed by atoms with Crippen LogP contribution in [0.2, 0.25) is 0 Å². The first-order valence-electron chi connectivity index (χ1n) is 4.38. The lowest BCUT2D eigenvalue weighted by molar-refractivity contribution is 0.0599. The van der Waals surface area contributed by atoms with Gasteiger partial charge in [0.25, 0.3) is 0 Å². The van der Waals surface area contributed by atoms with E-state index in [1.807, 2.05) is 0 Å². The molecule has 0 radical (unpaired) electrons.